The summed E-state index contributed by atoms with van der Waals surface area (Å²) in [5.41, 5.74) is 6.14. The zero-order valence-corrected chi connectivity index (χ0v) is 12.0. The Labute approximate surface area is 108 Å². The van der Waals surface area contributed by atoms with Gasteiger partial charge in [0, 0.05) is 12.5 Å². The number of rotatable bonds is 6. The largest absolute Gasteiger partial charge is 0.339 e. The SMILES string of the molecule is CCCSCc1noc(CC(N)C(C)(C)C)n1. The second kappa shape index (κ2) is 6.40. The van der Waals surface area contributed by atoms with Crippen LogP contribution < -0.4 is 5.73 Å². The second-order valence-electron chi connectivity index (χ2n) is 5.33. The molecule has 5 heteroatoms. The molecule has 0 saturated carbocycles. The Morgan fingerprint density at radius 2 is 2.12 bits per heavy atom. The van der Waals surface area contributed by atoms with E-state index in [4.69, 9.17) is 10.3 Å². The molecule has 4 nitrogen and oxygen atoms in total. The van der Waals surface area contributed by atoms with Crippen molar-refractivity contribution >= 4 is 11.8 Å². The third-order valence-electron chi connectivity index (χ3n) is 2.60. The first kappa shape index (κ1) is 14.5. The summed E-state index contributed by atoms with van der Waals surface area (Å²) >= 11 is 1.83. The Morgan fingerprint density at radius 1 is 1.41 bits per heavy atom. The molecule has 1 unspecified atom stereocenters. The van der Waals surface area contributed by atoms with E-state index in [2.05, 4.69) is 37.8 Å². The standard InChI is InChI=1S/C12H23N3OS/c1-5-6-17-8-10-14-11(16-15-10)7-9(13)12(2,3)4/h9H,5-8,13H2,1-4H3. The van der Waals surface area contributed by atoms with Crippen LogP contribution in [-0.4, -0.2) is 21.9 Å². The third-order valence-corrected chi connectivity index (χ3v) is 3.76. The summed E-state index contributed by atoms with van der Waals surface area (Å²) in [7, 11) is 0. The van der Waals surface area contributed by atoms with Gasteiger partial charge in [-0.05, 0) is 17.6 Å². The molecule has 98 valence electrons. The summed E-state index contributed by atoms with van der Waals surface area (Å²) in [6.45, 7) is 8.52. The van der Waals surface area contributed by atoms with E-state index in [0.29, 0.717) is 12.3 Å². The fourth-order valence-corrected chi connectivity index (χ4v) is 1.97. The van der Waals surface area contributed by atoms with Gasteiger partial charge in [-0.3, -0.25) is 0 Å². The van der Waals surface area contributed by atoms with Crippen molar-refractivity contribution in [1.82, 2.24) is 10.1 Å². The molecule has 17 heavy (non-hydrogen) atoms. The van der Waals surface area contributed by atoms with Gasteiger partial charge in [0.1, 0.15) is 0 Å². The van der Waals surface area contributed by atoms with Gasteiger partial charge < -0.3 is 10.3 Å². The van der Waals surface area contributed by atoms with E-state index in [-0.39, 0.29) is 11.5 Å². The van der Waals surface area contributed by atoms with E-state index in [1.807, 2.05) is 11.8 Å². The summed E-state index contributed by atoms with van der Waals surface area (Å²) in [5.74, 6) is 3.38. The monoisotopic (exact) mass is 257 g/mol. The Balaban J connectivity index is 2.45. The molecule has 1 aromatic rings. The van der Waals surface area contributed by atoms with Crippen molar-refractivity contribution in [1.29, 1.82) is 0 Å². The third kappa shape index (κ3) is 5.08. The highest BCUT2D eigenvalue weighted by Gasteiger charge is 2.23. The quantitative estimate of drug-likeness (QED) is 0.794. The van der Waals surface area contributed by atoms with Gasteiger partial charge in [0.25, 0.3) is 0 Å². The lowest BCUT2D eigenvalue weighted by Gasteiger charge is -2.25. The lowest BCUT2D eigenvalue weighted by Crippen LogP contribution is -2.36. The van der Waals surface area contributed by atoms with Gasteiger partial charge in [-0.25, -0.2) is 0 Å². The number of nitrogens with zero attached hydrogens (tertiary/aromatic N) is 2. The maximum absolute atomic E-state index is 6.08. The zero-order valence-electron chi connectivity index (χ0n) is 11.2. The fourth-order valence-electron chi connectivity index (χ4n) is 1.23. The molecule has 0 saturated heterocycles. The van der Waals surface area contributed by atoms with E-state index in [9.17, 15) is 0 Å². The molecule has 0 radical (unpaired) electrons. The smallest absolute Gasteiger partial charge is 0.228 e. The summed E-state index contributed by atoms with van der Waals surface area (Å²) in [6, 6.07) is 0.0408. The second-order valence-corrected chi connectivity index (χ2v) is 6.44. The number of nitrogens with two attached hydrogens (primary N) is 1. The van der Waals surface area contributed by atoms with Crippen LogP contribution in [0.15, 0.2) is 4.52 Å². The molecule has 0 fully saturated rings. The number of hydrogen-bond acceptors (Lipinski definition) is 5. The molecule has 0 aliphatic heterocycles. The van der Waals surface area contributed by atoms with Crippen molar-refractivity contribution in [2.24, 2.45) is 11.1 Å². The maximum atomic E-state index is 6.08. The first-order chi connectivity index (χ1) is 7.93. The topological polar surface area (TPSA) is 64.9 Å². The first-order valence-electron chi connectivity index (χ1n) is 6.08. The number of aromatic nitrogens is 2. The van der Waals surface area contributed by atoms with Crippen molar-refractivity contribution in [3.8, 4) is 0 Å². The van der Waals surface area contributed by atoms with E-state index in [1.54, 1.807) is 0 Å². The van der Waals surface area contributed by atoms with Crippen LogP contribution in [0.4, 0.5) is 0 Å². The first-order valence-corrected chi connectivity index (χ1v) is 7.23. The van der Waals surface area contributed by atoms with Crippen LogP contribution >= 0.6 is 11.8 Å². The zero-order chi connectivity index (χ0) is 12.9. The summed E-state index contributed by atoms with van der Waals surface area (Å²) in [4.78, 5) is 4.36. The van der Waals surface area contributed by atoms with Crippen molar-refractivity contribution in [2.75, 3.05) is 5.75 Å². The Hall–Kier alpha value is -0.550. The van der Waals surface area contributed by atoms with Gasteiger partial charge in [-0.2, -0.15) is 16.7 Å². The molecular formula is C12H23N3OS. The van der Waals surface area contributed by atoms with Gasteiger partial charge in [-0.15, -0.1) is 0 Å². The molecule has 1 aromatic heterocycles. The molecule has 0 aliphatic rings. The maximum Gasteiger partial charge on any atom is 0.228 e. The Morgan fingerprint density at radius 3 is 2.71 bits per heavy atom. The van der Waals surface area contributed by atoms with Crippen LogP contribution in [-0.2, 0) is 12.2 Å². The molecule has 2 N–H and O–H groups in total. The Bertz CT molecular complexity index is 333. The average Bonchev–Trinajstić information content (AvgIpc) is 2.65. The molecule has 0 aromatic carbocycles. The molecule has 0 spiro atoms. The average molecular weight is 257 g/mol. The van der Waals surface area contributed by atoms with Crippen LogP contribution in [0.25, 0.3) is 0 Å². The molecular weight excluding hydrogens is 234 g/mol. The van der Waals surface area contributed by atoms with Gasteiger partial charge in [0.15, 0.2) is 5.82 Å². The van der Waals surface area contributed by atoms with Crippen LogP contribution in [0, 0.1) is 5.41 Å². The van der Waals surface area contributed by atoms with E-state index in [0.717, 1.165) is 17.3 Å². The van der Waals surface area contributed by atoms with Crippen LogP contribution in [0.5, 0.6) is 0 Å². The molecule has 0 bridgehead atoms. The van der Waals surface area contributed by atoms with Crippen molar-refractivity contribution < 1.29 is 4.52 Å². The predicted molar refractivity (Wildman–Crippen MR) is 71.9 cm³/mol. The number of thioether (sulfide) groups is 1. The summed E-state index contributed by atoms with van der Waals surface area (Å²) < 4.78 is 5.21. The minimum Gasteiger partial charge on any atom is -0.339 e. The number of hydrogen-bond donors (Lipinski definition) is 1. The van der Waals surface area contributed by atoms with Crippen LogP contribution in [0.1, 0.15) is 45.8 Å². The molecule has 1 atom stereocenters. The van der Waals surface area contributed by atoms with E-state index >= 15 is 0 Å². The molecule has 1 heterocycles. The highest BCUT2D eigenvalue weighted by molar-refractivity contribution is 7.98. The minimum atomic E-state index is 0.0408. The van der Waals surface area contributed by atoms with Gasteiger partial charge >= 0.3 is 0 Å². The Kier molecular flexibility index (Phi) is 5.46. The lowest BCUT2D eigenvalue weighted by atomic mass is 9.85. The fraction of sp³-hybridized carbons (Fsp3) is 0.833. The van der Waals surface area contributed by atoms with Crippen molar-refractivity contribution in [2.45, 2.75) is 52.3 Å². The highest BCUT2D eigenvalue weighted by Crippen LogP contribution is 2.20. The van der Waals surface area contributed by atoms with Crippen molar-refractivity contribution in [3.05, 3.63) is 11.7 Å². The summed E-state index contributed by atoms with van der Waals surface area (Å²) in [5, 5.41) is 3.96. The minimum absolute atomic E-state index is 0.0408. The molecule has 0 amide bonds. The highest BCUT2D eigenvalue weighted by atomic mass is 32.2. The van der Waals surface area contributed by atoms with E-state index in [1.165, 1.54) is 6.42 Å². The van der Waals surface area contributed by atoms with Crippen LogP contribution in [0.2, 0.25) is 0 Å². The normalized spacial score (nSPS) is 13.9. The summed E-state index contributed by atoms with van der Waals surface area (Å²) in [6.07, 6.45) is 1.82. The lowest BCUT2D eigenvalue weighted by molar-refractivity contribution is 0.285. The predicted octanol–water partition coefficient (Wildman–Crippen LogP) is 2.63. The van der Waals surface area contributed by atoms with Gasteiger partial charge in [0.05, 0.1) is 5.75 Å². The van der Waals surface area contributed by atoms with E-state index < -0.39 is 0 Å². The van der Waals surface area contributed by atoms with Crippen LogP contribution in [0.3, 0.4) is 0 Å². The molecule has 1 rings (SSSR count). The van der Waals surface area contributed by atoms with Gasteiger partial charge in [0.2, 0.25) is 5.89 Å². The van der Waals surface area contributed by atoms with Gasteiger partial charge in [-0.1, -0.05) is 32.9 Å². The molecule has 0 aliphatic carbocycles. The van der Waals surface area contributed by atoms with Crippen molar-refractivity contribution in [3.63, 3.8) is 0 Å².